The Morgan fingerprint density at radius 1 is 1.12 bits per heavy atom. The third-order valence-corrected chi connectivity index (χ3v) is 5.37. The number of phenolic OH excluding ortho intramolecular Hbond substituents is 1. The van der Waals surface area contributed by atoms with E-state index in [2.05, 4.69) is 15.1 Å². The van der Waals surface area contributed by atoms with Gasteiger partial charge in [-0.15, -0.1) is 0 Å². The van der Waals surface area contributed by atoms with Gasteiger partial charge in [-0.25, -0.2) is 9.67 Å². The molecule has 0 fully saturated rings. The van der Waals surface area contributed by atoms with E-state index in [1.165, 1.54) is 17.7 Å². The van der Waals surface area contributed by atoms with E-state index in [9.17, 15) is 23.1 Å². The normalized spacial score (nSPS) is 13.7. The van der Waals surface area contributed by atoms with Crippen LogP contribution in [0.4, 0.5) is 19.2 Å². The largest absolute Gasteiger partial charge is 0.507 e. The molecule has 1 aliphatic rings. The highest BCUT2D eigenvalue weighted by atomic mass is 19.4. The molecule has 4 aromatic rings. The van der Waals surface area contributed by atoms with Crippen molar-refractivity contribution in [2.24, 2.45) is 7.05 Å². The van der Waals surface area contributed by atoms with Crippen LogP contribution in [0.1, 0.15) is 22.4 Å². The third-order valence-electron chi connectivity index (χ3n) is 5.37. The summed E-state index contributed by atoms with van der Waals surface area (Å²) < 4.78 is 46.1. The Labute approximate surface area is 178 Å². The van der Waals surface area contributed by atoms with E-state index in [0.29, 0.717) is 24.7 Å². The fraction of sp³-hybridized carbons (Fsp3) is 0.238. The highest BCUT2D eigenvalue weighted by Crippen LogP contribution is 2.39. The first-order valence-electron chi connectivity index (χ1n) is 9.60. The summed E-state index contributed by atoms with van der Waals surface area (Å²) in [6.45, 7) is 2.28. The molecule has 0 saturated heterocycles. The van der Waals surface area contributed by atoms with Crippen molar-refractivity contribution in [3.05, 3.63) is 63.1 Å². The van der Waals surface area contributed by atoms with Crippen LogP contribution in [-0.4, -0.2) is 24.9 Å². The molecule has 32 heavy (non-hydrogen) atoms. The number of fused-ring (bicyclic) bond motifs is 2. The van der Waals surface area contributed by atoms with Crippen molar-refractivity contribution in [1.82, 2.24) is 19.7 Å². The highest BCUT2D eigenvalue weighted by Gasteiger charge is 2.32. The fourth-order valence-electron chi connectivity index (χ4n) is 3.82. The number of rotatable bonds is 2. The molecule has 164 valence electrons. The molecule has 0 amide bonds. The Morgan fingerprint density at radius 2 is 1.91 bits per heavy atom. The second kappa shape index (κ2) is 6.81. The Hall–Kier alpha value is -3.89. The number of benzene rings is 1. The maximum absolute atomic E-state index is 13.0. The van der Waals surface area contributed by atoms with Crippen LogP contribution in [0.5, 0.6) is 5.75 Å². The van der Waals surface area contributed by atoms with Crippen molar-refractivity contribution in [3.8, 4) is 17.0 Å². The standard InChI is InChI=1S/C21H16F3N5O3/c1-10-5-12(21(22,23)24)7-15(30)18(10)13-3-4-16-19(25-13)26-20(32-16)29-8-11-6-17(31)28(2)27-14(11)9-29/h3-7,30H,8-9H2,1-2H3. The summed E-state index contributed by atoms with van der Waals surface area (Å²) in [5.74, 6) is -0.518. The number of aromatic nitrogens is 4. The molecule has 1 aromatic carbocycles. The highest BCUT2D eigenvalue weighted by molar-refractivity contribution is 5.78. The van der Waals surface area contributed by atoms with Crippen molar-refractivity contribution in [1.29, 1.82) is 0 Å². The van der Waals surface area contributed by atoms with Gasteiger partial charge < -0.3 is 14.4 Å². The van der Waals surface area contributed by atoms with Gasteiger partial charge in [-0.3, -0.25) is 4.79 Å². The van der Waals surface area contributed by atoms with Crippen LogP contribution in [0.25, 0.3) is 22.5 Å². The maximum atomic E-state index is 13.0. The van der Waals surface area contributed by atoms with Crippen molar-refractivity contribution in [2.45, 2.75) is 26.2 Å². The van der Waals surface area contributed by atoms with Crippen LogP contribution in [-0.2, 0) is 26.3 Å². The van der Waals surface area contributed by atoms with E-state index in [1.807, 2.05) is 0 Å². The smallest absolute Gasteiger partial charge is 0.416 e. The lowest BCUT2D eigenvalue weighted by molar-refractivity contribution is -0.137. The van der Waals surface area contributed by atoms with Gasteiger partial charge in [-0.2, -0.15) is 23.3 Å². The first-order chi connectivity index (χ1) is 15.1. The minimum atomic E-state index is -4.56. The summed E-state index contributed by atoms with van der Waals surface area (Å²) in [6, 6.07) is 6.61. The minimum Gasteiger partial charge on any atom is -0.507 e. The van der Waals surface area contributed by atoms with Gasteiger partial charge in [0.2, 0.25) is 5.65 Å². The molecule has 8 nitrogen and oxygen atoms in total. The lowest BCUT2D eigenvalue weighted by atomic mass is 10.0. The molecule has 3 aromatic heterocycles. The predicted octanol–water partition coefficient (Wildman–Crippen LogP) is 3.54. The lowest BCUT2D eigenvalue weighted by Crippen LogP contribution is -2.20. The van der Waals surface area contributed by atoms with E-state index < -0.39 is 17.5 Å². The summed E-state index contributed by atoms with van der Waals surface area (Å²) >= 11 is 0. The molecule has 4 heterocycles. The number of anilines is 1. The predicted molar refractivity (Wildman–Crippen MR) is 108 cm³/mol. The van der Waals surface area contributed by atoms with Crippen LogP contribution in [0, 0.1) is 6.92 Å². The van der Waals surface area contributed by atoms with E-state index >= 15 is 0 Å². The Kier molecular flexibility index (Phi) is 4.26. The summed E-state index contributed by atoms with van der Waals surface area (Å²) in [5.41, 5.74) is 1.71. The van der Waals surface area contributed by atoms with Crippen LogP contribution in [0.15, 0.2) is 39.5 Å². The topological polar surface area (TPSA) is 97.3 Å². The van der Waals surface area contributed by atoms with E-state index in [0.717, 1.165) is 17.3 Å². The van der Waals surface area contributed by atoms with Gasteiger partial charge in [0, 0.05) is 30.8 Å². The number of aromatic hydroxyl groups is 1. The lowest BCUT2D eigenvalue weighted by Gasteiger charge is -2.13. The molecular weight excluding hydrogens is 427 g/mol. The average Bonchev–Trinajstić information content (AvgIpc) is 3.30. The van der Waals surface area contributed by atoms with Crippen molar-refractivity contribution >= 4 is 17.2 Å². The Bertz CT molecular complexity index is 1420. The molecule has 1 aliphatic heterocycles. The first-order valence-corrected chi connectivity index (χ1v) is 9.60. The second-order valence-electron chi connectivity index (χ2n) is 7.63. The molecule has 5 rings (SSSR count). The number of hydrogen-bond donors (Lipinski definition) is 1. The molecule has 0 radical (unpaired) electrons. The number of alkyl halides is 3. The zero-order valence-electron chi connectivity index (χ0n) is 16.9. The van der Waals surface area contributed by atoms with Gasteiger partial charge in [0.05, 0.1) is 23.5 Å². The number of aryl methyl sites for hydroxylation is 2. The Morgan fingerprint density at radius 3 is 2.62 bits per heavy atom. The summed E-state index contributed by atoms with van der Waals surface area (Å²) in [6.07, 6.45) is -4.56. The molecule has 11 heteroatoms. The quantitative estimate of drug-likeness (QED) is 0.506. The number of hydrogen-bond acceptors (Lipinski definition) is 7. The molecule has 0 bridgehead atoms. The molecule has 0 atom stereocenters. The molecular formula is C21H16F3N5O3. The van der Waals surface area contributed by atoms with E-state index in [4.69, 9.17) is 4.42 Å². The molecule has 0 aliphatic carbocycles. The van der Waals surface area contributed by atoms with Gasteiger partial charge in [-0.05, 0) is 36.8 Å². The number of phenols is 1. The van der Waals surface area contributed by atoms with E-state index in [1.54, 1.807) is 24.1 Å². The molecule has 0 spiro atoms. The van der Waals surface area contributed by atoms with E-state index in [-0.39, 0.29) is 34.0 Å². The Balaban J connectivity index is 1.50. The van der Waals surface area contributed by atoms with Gasteiger partial charge in [0.15, 0.2) is 5.58 Å². The summed E-state index contributed by atoms with van der Waals surface area (Å²) in [4.78, 5) is 22.4. The van der Waals surface area contributed by atoms with Crippen LogP contribution in [0.2, 0.25) is 0 Å². The first kappa shape index (κ1) is 20.0. The monoisotopic (exact) mass is 443 g/mol. The third kappa shape index (κ3) is 3.26. The van der Waals surface area contributed by atoms with Gasteiger partial charge in [0.25, 0.3) is 5.56 Å². The van der Waals surface area contributed by atoms with Gasteiger partial charge in [0.1, 0.15) is 5.75 Å². The summed E-state index contributed by atoms with van der Waals surface area (Å²) in [5, 5.41) is 14.5. The summed E-state index contributed by atoms with van der Waals surface area (Å²) in [7, 11) is 1.58. The van der Waals surface area contributed by atoms with Crippen molar-refractivity contribution in [3.63, 3.8) is 0 Å². The second-order valence-corrected chi connectivity index (χ2v) is 7.63. The minimum absolute atomic E-state index is 0.192. The number of halogens is 3. The maximum Gasteiger partial charge on any atom is 0.416 e. The van der Waals surface area contributed by atoms with Gasteiger partial charge in [-0.1, -0.05) is 0 Å². The SMILES string of the molecule is Cc1cc(C(F)(F)F)cc(O)c1-c1ccc2oc(N3Cc4cc(=O)n(C)nc4C3)nc2n1. The number of pyridine rings is 1. The molecule has 1 N–H and O–H groups in total. The fourth-order valence-corrected chi connectivity index (χ4v) is 3.82. The van der Waals surface area contributed by atoms with Gasteiger partial charge >= 0.3 is 12.2 Å². The molecule has 0 saturated carbocycles. The van der Waals surface area contributed by atoms with Crippen molar-refractivity contribution in [2.75, 3.05) is 4.90 Å². The van der Waals surface area contributed by atoms with Crippen LogP contribution < -0.4 is 10.5 Å². The zero-order chi connectivity index (χ0) is 22.8. The van der Waals surface area contributed by atoms with Crippen molar-refractivity contribution < 1.29 is 22.7 Å². The van der Waals surface area contributed by atoms with Crippen LogP contribution >= 0.6 is 0 Å². The number of nitrogens with zero attached hydrogens (tertiary/aromatic N) is 5. The molecule has 0 unspecified atom stereocenters. The average molecular weight is 443 g/mol. The number of oxazole rings is 1. The van der Waals surface area contributed by atoms with Crippen LogP contribution in [0.3, 0.4) is 0 Å². The zero-order valence-corrected chi connectivity index (χ0v) is 16.9.